The van der Waals surface area contributed by atoms with Crippen LogP contribution in [-0.4, -0.2) is 26.4 Å². The molecule has 1 heterocycles. The van der Waals surface area contributed by atoms with Gasteiger partial charge in [-0.05, 0) is 42.0 Å². The smallest absolute Gasteiger partial charge is 0.230 e. The lowest BCUT2D eigenvalue weighted by Gasteiger charge is -2.12. The second-order valence-electron chi connectivity index (χ2n) is 6.98. The summed E-state index contributed by atoms with van der Waals surface area (Å²) in [5.41, 5.74) is 1.68. The third kappa shape index (κ3) is 6.12. The van der Waals surface area contributed by atoms with Crippen molar-refractivity contribution < 1.29 is 13.9 Å². The Hall–Kier alpha value is -3.36. The van der Waals surface area contributed by atoms with E-state index in [-0.39, 0.29) is 24.1 Å². The van der Waals surface area contributed by atoms with Gasteiger partial charge in [-0.25, -0.2) is 4.39 Å². The summed E-state index contributed by atoms with van der Waals surface area (Å²) in [5.74, 6) is 0.805. The van der Waals surface area contributed by atoms with Gasteiger partial charge in [0, 0.05) is 12.2 Å². The van der Waals surface area contributed by atoms with E-state index >= 15 is 0 Å². The van der Waals surface area contributed by atoms with Crippen molar-refractivity contribution in [3.05, 3.63) is 101 Å². The molecule has 9 heteroatoms. The topological polar surface area (TPSA) is 69.0 Å². The fourth-order valence-corrected chi connectivity index (χ4v) is 4.00. The van der Waals surface area contributed by atoms with Crippen LogP contribution >= 0.6 is 23.4 Å². The van der Waals surface area contributed by atoms with E-state index in [2.05, 4.69) is 15.5 Å². The SMILES string of the molecule is O=C(CSc1nnc(COc2ccccc2Cl)n1-c1ccccc1)NCc1ccc(F)cc1. The summed E-state index contributed by atoms with van der Waals surface area (Å²) in [6, 6.07) is 22.8. The van der Waals surface area contributed by atoms with E-state index in [0.29, 0.717) is 28.3 Å². The largest absolute Gasteiger partial charge is 0.484 e. The van der Waals surface area contributed by atoms with Gasteiger partial charge in [-0.3, -0.25) is 9.36 Å². The summed E-state index contributed by atoms with van der Waals surface area (Å²) < 4.78 is 20.7. The van der Waals surface area contributed by atoms with Crippen LogP contribution in [0.2, 0.25) is 5.02 Å². The predicted molar refractivity (Wildman–Crippen MR) is 126 cm³/mol. The summed E-state index contributed by atoms with van der Waals surface area (Å²) in [6.07, 6.45) is 0. The molecule has 0 aliphatic carbocycles. The first-order valence-electron chi connectivity index (χ1n) is 10.1. The predicted octanol–water partition coefficient (Wildman–Crippen LogP) is 5.05. The van der Waals surface area contributed by atoms with Crippen LogP contribution in [0.15, 0.2) is 84.0 Å². The molecule has 0 atom stereocenters. The molecule has 0 aliphatic heterocycles. The van der Waals surface area contributed by atoms with E-state index in [1.807, 2.05) is 47.0 Å². The lowest BCUT2D eigenvalue weighted by Crippen LogP contribution is -2.24. The Morgan fingerprint density at radius 2 is 1.73 bits per heavy atom. The second kappa shape index (κ2) is 11.0. The lowest BCUT2D eigenvalue weighted by atomic mass is 10.2. The van der Waals surface area contributed by atoms with E-state index < -0.39 is 0 Å². The van der Waals surface area contributed by atoms with Gasteiger partial charge in [0.1, 0.15) is 18.2 Å². The number of halogens is 2. The van der Waals surface area contributed by atoms with Crippen LogP contribution in [0.4, 0.5) is 4.39 Å². The minimum Gasteiger partial charge on any atom is -0.484 e. The second-order valence-corrected chi connectivity index (χ2v) is 8.33. The van der Waals surface area contributed by atoms with Gasteiger partial charge >= 0.3 is 0 Å². The number of aromatic nitrogens is 3. The molecule has 1 N–H and O–H groups in total. The molecule has 3 aromatic carbocycles. The number of nitrogens with one attached hydrogen (secondary N) is 1. The van der Waals surface area contributed by atoms with Crippen LogP contribution in [0.3, 0.4) is 0 Å². The Bertz CT molecular complexity index is 1220. The van der Waals surface area contributed by atoms with Crippen LogP contribution in [-0.2, 0) is 17.9 Å². The zero-order valence-corrected chi connectivity index (χ0v) is 19.0. The number of carbonyl (C=O) groups is 1. The highest BCUT2D eigenvalue weighted by Gasteiger charge is 2.17. The number of hydrogen-bond donors (Lipinski definition) is 1. The molecule has 0 radical (unpaired) electrons. The summed E-state index contributed by atoms with van der Waals surface area (Å²) in [7, 11) is 0. The number of carbonyl (C=O) groups excluding carboxylic acids is 1. The van der Waals surface area contributed by atoms with Crippen molar-refractivity contribution in [3.63, 3.8) is 0 Å². The van der Waals surface area contributed by atoms with Gasteiger partial charge in [0.2, 0.25) is 5.91 Å². The van der Waals surface area contributed by atoms with Crippen molar-refractivity contribution in [2.75, 3.05) is 5.75 Å². The molecule has 0 spiro atoms. The minimum atomic E-state index is -0.310. The van der Waals surface area contributed by atoms with E-state index in [0.717, 1.165) is 11.3 Å². The molecule has 1 aromatic heterocycles. The quantitative estimate of drug-likeness (QED) is 0.338. The maximum Gasteiger partial charge on any atom is 0.230 e. The Kier molecular flexibility index (Phi) is 7.59. The van der Waals surface area contributed by atoms with Crippen LogP contribution < -0.4 is 10.1 Å². The van der Waals surface area contributed by atoms with Crippen LogP contribution in [0.5, 0.6) is 5.75 Å². The number of thioether (sulfide) groups is 1. The normalized spacial score (nSPS) is 10.7. The third-order valence-corrected chi connectivity index (χ3v) is 5.88. The number of para-hydroxylation sites is 2. The highest BCUT2D eigenvalue weighted by molar-refractivity contribution is 7.99. The summed E-state index contributed by atoms with van der Waals surface area (Å²) in [5, 5.41) is 12.4. The van der Waals surface area contributed by atoms with Crippen molar-refractivity contribution in [1.29, 1.82) is 0 Å². The first-order valence-corrected chi connectivity index (χ1v) is 11.5. The van der Waals surface area contributed by atoms with Gasteiger partial charge in [-0.2, -0.15) is 0 Å². The van der Waals surface area contributed by atoms with Crippen LogP contribution in [0.1, 0.15) is 11.4 Å². The molecular weight excluding hydrogens is 463 g/mol. The molecule has 0 fully saturated rings. The Labute approximate surface area is 199 Å². The standard InChI is InChI=1S/C24H20ClFN4O2S/c25-20-8-4-5-9-21(20)32-15-22-28-29-24(30(22)19-6-2-1-3-7-19)33-16-23(31)27-14-17-10-12-18(26)13-11-17/h1-13H,14-16H2,(H,27,31). The van der Waals surface area contributed by atoms with E-state index in [1.54, 1.807) is 24.3 Å². The first kappa shape index (κ1) is 22.8. The van der Waals surface area contributed by atoms with Crippen molar-refractivity contribution in [2.45, 2.75) is 18.3 Å². The summed E-state index contributed by atoms with van der Waals surface area (Å²) >= 11 is 7.45. The molecule has 4 rings (SSSR count). The number of rotatable bonds is 9. The van der Waals surface area contributed by atoms with Gasteiger partial charge in [0.05, 0.1) is 10.8 Å². The van der Waals surface area contributed by atoms with Crippen LogP contribution in [0.25, 0.3) is 5.69 Å². The van der Waals surface area contributed by atoms with Crippen molar-refractivity contribution in [1.82, 2.24) is 20.1 Å². The lowest BCUT2D eigenvalue weighted by molar-refractivity contribution is -0.118. The average Bonchev–Trinajstić information content (AvgIpc) is 3.25. The van der Waals surface area contributed by atoms with Gasteiger partial charge in [-0.1, -0.05) is 65.8 Å². The van der Waals surface area contributed by atoms with Crippen molar-refractivity contribution in [3.8, 4) is 11.4 Å². The molecule has 0 unspecified atom stereocenters. The molecule has 6 nitrogen and oxygen atoms in total. The molecule has 0 saturated heterocycles. The Balaban J connectivity index is 1.44. The van der Waals surface area contributed by atoms with Gasteiger partial charge in [0.25, 0.3) is 0 Å². The number of amides is 1. The number of benzene rings is 3. The van der Waals surface area contributed by atoms with E-state index in [9.17, 15) is 9.18 Å². The summed E-state index contributed by atoms with van der Waals surface area (Å²) in [6.45, 7) is 0.477. The van der Waals surface area contributed by atoms with Crippen molar-refractivity contribution in [2.24, 2.45) is 0 Å². The molecule has 1 amide bonds. The van der Waals surface area contributed by atoms with E-state index in [1.165, 1.54) is 23.9 Å². The number of nitrogens with zero attached hydrogens (tertiary/aromatic N) is 3. The Morgan fingerprint density at radius 3 is 2.48 bits per heavy atom. The summed E-state index contributed by atoms with van der Waals surface area (Å²) in [4.78, 5) is 12.4. The van der Waals surface area contributed by atoms with Gasteiger partial charge in [0.15, 0.2) is 11.0 Å². The third-order valence-electron chi connectivity index (χ3n) is 4.64. The molecular formula is C24H20ClFN4O2S. The zero-order valence-electron chi connectivity index (χ0n) is 17.4. The molecule has 0 bridgehead atoms. The maximum absolute atomic E-state index is 13.0. The Morgan fingerprint density at radius 1 is 1.00 bits per heavy atom. The molecule has 4 aromatic rings. The first-order chi connectivity index (χ1) is 16.1. The average molecular weight is 483 g/mol. The fourth-order valence-electron chi connectivity index (χ4n) is 3.01. The molecule has 33 heavy (non-hydrogen) atoms. The van der Waals surface area contributed by atoms with E-state index in [4.69, 9.17) is 16.3 Å². The zero-order chi connectivity index (χ0) is 23.0. The molecule has 0 aliphatic rings. The van der Waals surface area contributed by atoms with Crippen molar-refractivity contribution >= 4 is 29.3 Å². The number of ether oxygens (including phenoxy) is 1. The van der Waals surface area contributed by atoms with Gasteiger partial charge < -0.3 is 10.1 Å². The maximum atomic E-state index is 13.0. The van der Waals surface area contributed by atoms with Crippen LogP contribution in [0, 0.1) is 5.82 Å². The highest BCUT2D eigenvalue weighted by Crippen LogP contribution is 2.26. The molecule has 168 valence electrons. The molecule has 0 saturated carbocycles. The van der Waals surface area contributed by atoms with Gasteiger partial charge in [-0.15, -0.1) is 10.2 Å². The number of hydrogen-bond acceptors (Lipinski definition) is 5. The fraction of sp³-hybridized carbons (Fsp3) is 0.125. The monoisotopic (exact) mass is 482 g/mol. The minimum absolute atomic E-state index is 0.150. The highest BCUT2D eigenvalue weighted by atomic mass is 35.5.